The van der Waals surface area contributed by atoms with Gasteiger partial charge in [0.25, 0.3) is 0 Å². The van der Waals surface area contributed by atoms with Crippen LogP contribution in [0.3, 0.4) is 0 Å². The van der Waals surface area contributed by atoms with Crippen molar-refractivity contribution in [2.75, 3.05) is 13.1 Å². The van der Waals surface area contributed by atoms with Gasteiger partial charge in [-0.25, -0.2) is 0 Å². The van der Waals surface area contributed by atoms with E-state index in [9.17, 15) is 0 Å². The van der Waals surface area contributed by atoms with E-state index < -0.39 is 0 Å². The summed E-state index contributed by atoms with van der Waals surface area (Å²) in [5, 5.41) is 3.56. The number of nitrogens with one attached hydrogen (secondary N) is 1. The van der Waals surface area contributed by atoms with Gasteiger partial charge < -0.3 is 10.1 Å². The average molecular weight is 239 g/mol. The minimum absolute atomic E-state index is 0.488. The zero-order valence-electron chi connectivity index (χ0n) is 11.4. The summed E-state index contributed by atoms with van der Waals surface area (Å²) in [4.78, 5) is 0. The first-order valence-corrected chi connectivity index (χ1v) is 7.74. The Kier molecular flexibility index (Phi) is 5.79. The molecule has 1 N–H and O–H groups in total. The summed E-state index contributed by atoms with van der Waals surface area (Å²) in [6, 6.07) is 0. The topological polar surface area (TPSA) is 21.3 Å². The highest BCUT2D eigenvalue weighted by molar-refractivity contribution is 4.78. The van der Waals surface area contributed by atoms with Crippen LogP contribution >= 0.6 is 0 Å². The van der Waals surface area contributed by atoms with Gasteiger partial charge in [-0.3, -0.25) is 0 Å². The van der Waals surface area contributed by atoms with E-state index in [4.69, 9.17) is 4.74 Å². The fraction of sp³-hybridized carbons (Fsp3) is 1.00. The van der Waals surface area contributed by atoms with Crippen LogP contribution in [0.4, 0.5) is 0 Å². The summed E-state index contributed by atoms with van der Waals surface area (Å²) in [7, 11) is 0. The lowest BCUT2D eigenvalue weighted by atomic mass is 9.98. The van der Waals surface area contributed by atoms with E-state index in [0.29, 0.717) is 12.2 Å². The molecule has 0 aromatic rings. The second-order valence-corrected chi connectivity index (χ2v) is 5.92. The molecule has 0 amide bonds. The Hall–Kier alpha value is -0.0800. The van der Waals surface area contributed by atoms with Crippen LogP contribution < -0.4 is 5.32 Å². The van der Waals surface area contributed by atoms with Crippen molar-refractivity contribution >= 4 is 0 Å². The maximum Gasteiger partial charge on any atom is 0.0706 e. The molecule has 2 nitrogen and oxygen atoms in total. The number of hydrogen-bond acceptors (Lipinski definition) is 2. The number of rotatable bonds is 6. The second kappa shape index (κ2) is 7.38. The van der Waals surface area contributed by atoms with Crippen LogP contribution in [0.5, 0.6) is 0 Å². The molecule has 17 heavy (non-hydrogen) atoms. The van der Waals surface area contributed by atoms with Crippen LogP contribution in [0.15, 0.2) is 0 Å². The molecule has 0 radical (unpaired) electrons. The molecule has 1 aliphatic heterocycles. The monoisotopic (exact) mass is 239 g/mol. The van der Waals surface area contributed by atoms with Gasteiger partial charge in [-0.05, 0) is 18.8 Å². The molecule has 0 spiro atoms. The Bertz CT molecular complexity index is 201. The third-order valence-electron chi connectivity index (χ3n) is 4.33. The number of hydrogen-bond donors (Lipinski definition) is 1. The molecule has 2 atom stereocenters. The van der Waals surface area contributed by atoms with Crippen molar-refractivity contribution in [3.63, 3.8) is 0 Å². The summed E-state index contributed by atoms with van der Waals surface area (Å²) >= 11 is 0. The molecule has 0 bridgehead atoms. The first kappa shape index (κ1) is 13.4. The van der Waals surface area contributed by atoms with Gasteiger partial charge in [0.2, 0.25) is 0 Å². The highest BCUT2D eigenvalue weighted by Gasteiger charge is 2.25. The molecule has 2 fully saturated rings. The Morgan fingerprint density at radius 1 is 1.06 bits per heavy atom. The fourth-order valence-corrected chi connectivity index (χ4v) is 3.32. The lowest BCUT2D eigenvalue weighted by Crippen LogP contribution is -2.45. The normalized spacial score (nSPS) is 30.9. The zero-order chi connectivity index (χ0) is 11.9. The van der Waals surface area contributed by atoms with Crippen molar-refractivity contribution in [1.82, 2.24) is 5.32 Å². The summed E-state index contributed by atoms with van der Waals surface area (Å²) in [6.45, 7) is 4.43. The molecule has 1 aliphatic carbocycles. The number of unbranched alkanes of at least 4 members (excludes halogenated alkanes) is 2. The fourth-order valence-electron chi connectivity index (χ4n) is 3.32. The van der Waals surface area contributed by atoms with Gasteiger partial charge in [0.1, 0.15) is 0 Å². The smallest absolute Gasteiger partial charge is 0.0706 e. The summed E-state index contributed by atoms with van der Waals surface area (Å²) in [5.74, 6) is 0.955. The van der Waals surface area contributed by atoms with E-state index >= 15 is 0 Å². The number of ether oxygens (including phenoxy) is 1. The average Bonchev–Trinajstić information content (AvgIpc) is 2.83. The first-order chi connectivity index (χ1) is 8.38. The first-order valence-electron chi connectivity index (χ1n) is 7.74. The minimum atomic E-state index is 0.488. The Balaban J connectivity index is 1.65. The standard InChI is InChI=1S/C15H29NO/c1-2-3-4-9-14-11-16-12-15(17-14)10-13-7-5-6-8-13/h13-16H,2-12H2,1H3. The maximum atomic E-state index is 6.23. The molecule has 0 aromatic carbocycles. The van der Waals surface area contributed by atoms with E-state index in [0.717, 1.165) is 19.0 Å². The van der Waals surface area contributed by atoms with Gasteiger partial charge in [0.05, 0.1) is 12.2 Å². The van der Waals surface area contributed by atoms with Gasteiger partial charge in [-0.15, -0.1) is 0 Å². The predicted molar refractivity (Wildman–Crippen MR) is 72.2 cm³/mol. The predicted octanol–water partition coefficient (Wildman–Crippen LogP) is 3.50. The van der Waals surface area contributed by atoms with E-state index in [1.807, 2.05) is 0 Å². The molecule has 1 saturated heterocycles. The molecule has 2 rings (SSSR count). The maximum absolute atomic E-state index is 6.23. The Labute approximate surface area is 107 Å². The quantitative estimate of drug-likeness (QED) is 0.716. The minimum Gasteiger partial charge on any atom is -0.372 e. The molecule has 1 saturated carbocycles. The summed E-state index contributed by atoms with van der Waals surface area (Å²) in [5.41, 5.74) is 0. The Morgan fingerprint density at radius 3 is 2.59 bits per heavy atom. The third kappa shape index (κ3) is 4.59. The molecule has 2 heteroatoms. The van der Waals surface area contributed by atoms with Gasteiger partial charge >= 0.3 is 0 Å². The van der Waals surface area contributed by atoms with E-state index in [2.05, 4.69) is 12.2 Å². The molecule has 2 aliphatic rings. The second-order valence-electron chi connectivity index (χ2n) is 5.92. The lowest BCUT2D eigenvalue weighted by molar-refractivity contribution is -0.0511. The van der Waals surface area contributed by atoms with Gasteiger partial charge in [-0.2, -0.15) is 0 Å². The molecule has 1 heterocycles. The van der Waals surface area contributed by atoms with Crippen LogP contribution in [-0.2, 0) is 4.74 Å². The molecular formula is C15H29NO. The van der Waals surface area contributed by atoms with Crippen molar-refractivity contribution in [2.45, 2.75) is 76.9 Å². The largest absolute Gasteiger partial charge is 0.372 e. The summed E-state index contributed by atoms with van der Waals surface area (Å²) in [6.07, 6.45) is 13.3. The van der Waals surface area contributed by atoms with Crippen molar-refractivity contribution in [2.24, 2.45) is 5.92 Å². The van der Waals surface area contributed by atoms with Crippen LogP contribution in [0, 0.1) is 5.92 Å². The van der Waals surface area contributed by atoms with Crippen LogP contribution in [0.25, 0.3) is 0 Å². The van der Waals surface area contributed by atoms with Gasteiger partial charge in [-0.1, -0.05) is 51.9 Å². The van der Waals surface area contributed by atoms with Crippen LogP contribution in [0.1, 0.15) is 64.7 Å². The summed E-state index contributed by atoms with van der Waals surface area (Å²) < 4.78 is 6.23. The molecular weight excluding hydrogens is 210 g/mol. The van der Waals surface area contributed by atoms with E-state index in [-0.39, 0.29) is 0 Å². The highest BCUT2D eigenvalue weighted by Crippen LogP contribution is 2.30. The SMILES string of the molecule is CCCCCC1CNCC(CC2CCCC2)O1. The lowest BCUT2D eigenvalue weighted by Gasteiger charge is -2.32. The molecule has 0 aromatic heterocycles. The van der Waals surface area contributed by atoms with Gasteiger partial charge in [0, 0.05) is 13.1 Å². The molecule has 2 unspecified atom stereocenters. The van der Waals surface area contributed by atoms with Crippen molar-refractivity contribution in [3.05, 3.63) is 0 Å². The van der Waals surface area contributed by atoms with Crippen molar-refractivity contribution in [1.29, 1.82) is 0 Å². The van der Waals surface area contributed by atoms with Crippen LogP contribution in [-0.4, -0.2) is 25.3 Å². The molecule has 100 valence electrons. The zero-order valence-corrected chi connectivity index (χ0v) is 11.4. The highest BCUT2D eigenvalue weighted by atomic mass is 16.5. The van der Waals surface area contributed by atoms with Crippen LogP contribution in [0.2, 0.25) is 0 Å². The third-order valence-corrected chi connectivity index (χ3v) is 4.33. The van der Waals surface area contributed by atoms with E-state index in [1.54, 1.807) is 0 Å². The van der Waals surface area contributed by atoms with E-state index in [1.165, 1.54) is 57.8 Å². The number of morpholine rings is 1. The van der Waals surface area contributed by atoms with Crippen molar-refractivity contribution < 1.29 is 4.74 Å². The Morgan fingerprint density at radius 2 is 1.82 bits per heavy atom. The van der Waals surface area contributed by atoms with Gasteiger partial charge in [0.15, 0.2) is 0 Å². The van der Waals surface area contributed by atoms with Crippen molar-refractivity contribution in [3.8, 4) is 0 Å².